The zero-order valence-electron chi connectivity index (χ0n) is 19.0. The molecule has 1 heterocycles. The Morgan fingerprint density at radius 2 is 1.65 bits per heavy atom. The predicted octanol–water partition coefficient (Wildman–Crippen LogP) is 3.97. The number of carbonyl (C=O) groups is 1. The Labute approximate surface area is 198 Å². The monoisotopic (exact) mass is 495 g/mol. The summed E-state index contributed by atoms with van der Waals surface area (Å²) in [5.41, 5.74) is 0.432. The smallest absolute Gasteiger partial charge is 0.368 e. The van der Waals surface area contributed by atoms with Gasteiger partial charge in [0.05, 0.1) is 5.56 Å². The van der Waals surface area contributed by atoms with E-state index < -0.39 is 27.8 Å². The Morgan fingerprint density at radius 3 is 2.24 bits per heavy atom. The van der Waals surface area contributed by atoms with Crippen molar-refractivity contribution in [2.24, 2.45) is 5.92 Å². The molecule has 10 heteroatoms. The largest absolute Gasteiger partial charge is 0.416 e. The van der Waals surface area contributed by atoms with Gasteiger partial charge in [-0.2, -0.15) is 17.9 Å². The zero-order chi connectivity index (χ0) is 24.9. The van der Waals surface area contributed by atoms with Crippen molar-refractivity contribution in [3.05, 3.63) is 71.1 Å². The highest BCUT2D eigenvalue weighted by Gasteiger charge is 2.33. The van der Waals surface area contributed by atoms with Gasteiger partial charge in [0.1, 0.15) is 6.04 Å². The average Bonchev–Trinajstić information content (AvgIpc) is 2.81. The number of anilines is 1. The average molecular weight is 496 g/mol. The summed E-state index contributed by atoms with van der Waals surface area (Å²) in [4.78, 5) is 16.5. The minimum Gasteiger partial charge on any atom is -0.368 e. The molecule has 0 aliphatic carbocycles. The van der Waals surface area contributed by atoms with Crippen LogP contribution >= 0.6 is 0 Å². The molecule has 1 amide bonds. The first-order valence-corrected chi connectivity index (χ1v) is 12.5. The maximum absolute atomic E-state index is 13.1. The van der Waals surface area contributed by atoms with Gasteiger partial charge in [0, 0.05) is 37.3 Å². The molecule has 34 heavy (non-hydrogen) atoms. The van der Waals surface area contributed by atoms with Crippen LogP contribution in [0.3, 0.4) is 0 Å². The van der Waals surface area contributed by atoms with Gasteiger partial charge in [0.2, 0.25) is 15.9 Å². The van der Waals surface area contributed by atoms with E-state index >= 15 is 0 Å². The van der Waals surface area contributed by atoms with E-state index in [4.69, 9.17) is 0 Å². The fourth-order valence-corrected chi connectivity index (χ4v) is 4.82. The molecule has 0 spiro atoms. The van der Waals surface area contributed by atoms with Gasteiger partial charge in [0.25, 0.3) is 0 Å². The molecular formula is C24H28F3N3O3S. The van der Waals surface area contributed by atoms with Crippen molar-refractivity contribution in [3.63, 3.8) is 0 Å². The van der Waals surface area contributed by atoms with Crippen molar-refractivity contribution in [3.8, 4) is 0 Å². The minimum absolute atomic E-state index is 0.278. The molecular weight excluding hydrogens is 467 g/mol. The highest BCUT2D eigenvalue weighted by molar-refractivity contribution is 7.92. The first-order valence-electron chi connectivity index (χ1n) is 10.9. The Hall–Kier alpha value is -2.85. The molecule has 3 rings (SSSR count). The van der Waals surface area contributed by atoms with Gasteiger partial charge in [-0.25, -0.2) is 8.42 Å². The van der Waals surface area contributed by atoms with E-state index in [0.29, 0.717) is 24.3 Å². The summed E-state index contributed by atoms with van der Waals surface area (Å²) in [5, 5.41) is 1.04. The van der Waals surface area contributed by atoms with Crippen LogP contribution in [0.2, 0.25) is 0 Å². The third kappa shape index (κ3) is 6.83. The van der Waals surface area contributed by atoms with Crippen LogP contribution in [0.5, 0.6) is 0 Å². The van der Waals surface area contributed by atoms with Crippen LogP contribution in [-0.4, -0.2) is 51.4 Å². The van der Waals surface area contributed by atoms with Crippen molar-refractivity contribution in [1.82, 2.24) is 9.62 Å². The van der Waals surface area contributed by atoms with E-state index in [2.05, 4.69) is 4.72 Å². The topological polar surface area (TPSA) is 69.7 Å². The molecule has 1 atom stereocenters. The van der Waals surface area contributed by atoms with Gasteiger partial charge in [-0.05, 0) is 35.8 Å². The number of nitrogens with zero attached hydrogens (tertiary/aromatic N) is 2. The van der Waals surface area contributed by atoms with Gasteiger partial charge in [-0.15, -0.1) is 0 Å². The number of benzene rings is 2. The first-order chi connectivity index (χ1) is 16.0. The minimum atomic E-state index is -4.43. The molecule has 1 N–H and O–H groups in total. The molecule has 184 valence electrons. The molecule has 1 aliphatic heterocycles. The quantitative estimate of drug-likeness (QED) is 0.631. The van der Waals surface area contributed by atoms with Crippen LogP contribution in [-0.2, 0) is 21.0 Å². The van der Waals surface area contributed by atoms with E-state index in [0.717, 1.165) is 17.5 Å². The fourth-order valence-electron chi connectivity index (χ4n) is 3.68. The van der Waals surface area contributed by atoms with Crippen molar-refractivity contribution in [2.75, 3.05) is 31.1 Å². The van der Waals surface area contributed by atoms with E-state index in [1.807, 2.05) is 6.07 Å². The first kappa shape index (κ1) is 25.8. The summed E-state index contributed by atoms with van der Waals surface area (Å²) in [6, 6.07) is 13.1. The normalized spacial score (nSPS) is 16.3. The molecule has 0 unspecified atom stereocenters. The standard InChI is InChI=1S/C24H28F3N3O3S/c1-18(2)22(28-34(32,33)16-11-19-7-4-3-5-8-19)23(31)30-14-12-29(13-15-30)21-10-6-9-20(17-21)24(25,26)27/h3-11,16-18,22,28H,12-15H2,1-2H3/b16-11+/t22-/m0/s1. The van der Waals surface area contributed by atoms with Crippen LogP contribution in [0.15, 0.2) is 60.0 Å². The van der Waals surface area contributed by atoms with Crippen LogP contribution < -0.4 is 9.62 Å². The Kier molecular flexibility index (Phi) is 8.04. The van der Waals surface area contributed by atoms with Gasteiger partial charge in [-0.1, -0.05) is 50.2 Å². The lowest BCUT2D eigenvalue weighted by Crippen LogP contribution is -2.56. The second kappa shape index (κ2) is 10.6. The maximum Gasteiger partial charge on any atom is 0.416 e. The number of hydrogen-bond acceptors (Lipinski definition) is 4. The maximum atomic E-state index is 13.1. The van der Waals surface area contributed by atoms with Crippen molar-refractivity contribution < 1.29 is 26.4 Å². The molecule has 1 fully saturated rings. The SMILES string of the molecule is CC(C)[C@H](NS(=O)(=O)/C=C/c1ccccc1)C(=O)N1CCN(c2cccc(C(F)(F)F)c2)CC1. The Balaban J connectivity index is 1.64. The van der Waals surface area contributed by atoms with E-state index in [1.165, 1.54) is 12.1 Å². The number of carbonyl (C=O) groups excluding carboxylic acids is 1. The van der Waals surface area contributed by atoms with E-state index in [9.17, 15) is 26.4 Å². The van der Waals surface area contributed by atoms with Crippen molar-refractivity contribution in [2.45, 2.75) is 26.1 Å². The van der Waals surface area contributed by atoms with Gasteiger partial charge >= 0.3 is 6.18 Å². The van der Waals surface area contributed by atoms with Crippen LogP contribution in [0.1, 0.15) is 25.0 Å². The number of rotatable bonds is 7. The summed E-state index contributed by atoms with van der Waals surface area (Å²) < 4.78 is 66.7. The second-order valence-electron chi connectivity index (χ2n) is 8.46. The van der Waals surface area contributed by atoms with E-state index in [1.54, 1.807) is 54.0 Å². The molecule has 2 aromatic carbocycles. The molecule has 6 nitrogen and oxygen atoms in total. The van der Waals surface area contributed by atoms with Crippen molar-refractivity contribution in [1.29, 1.82) is 0 Å². The number of amides is 1. The van der Waals surface area contributed by atoms with Crippen LogP contribution in [0.25, 0.3) is 6.08 Å². The number of alkyl halides is 3. The lowest BCUT2D eigenvalue weighted by Gasteiger charge is -2.38. The van der Waals surface area contributed by atoms with E-state index in [-0.39, 0.29) is 24.9 Å². The molecule has 0 radical (unpaired) electrons. The third-order valence-electron chi connectivity index (χ3n) is 5.59. The van der Waals surface area contributed by atoms with Gasteiger partial charge < -0.3 is 9.80 Å². The fraction of sp³-hybridized carbons (Fsp3) is 0.375. The molecule has 0 saturated carbocycles. The lowest BCUT2D eigenvalue weighted by molar-refractivity contribution is -0.137. The number of nitrogens with one attached hydrogen (secondary N) is 1. The summed E-state index contributed by atoms with van der Waals surface area (Å²) in [7, 11) is -3.88. The van der Waals surface area contributed by atoms with Gasteiger partial charge in [-0.3, -0.25) is 4.79 Å². The number of hydrogen-bond donors (Lipinski definition) is 1. The predicted molar refractivity (Wildman–Crippen MR) is 126 cm³/mol. The zero-order valence-corrected chi connectivity index (χ0v) is 19.8. The highest BCUT2D eigenvalue weighted by atomic mass is 32.2. The molecule has 2 aromatic rings. The van der Waals surface area contributed by atoms with Gasteiger partial charge in [0.15, 0.2) is 0 Å². The Bertz CT molecular complexity index is 1110. The van der Waals surface area contributed by atoms with Crippen molar-refractivity contribution >= 4 is 27.7 Å². The summed E-state index contributed by atoms with van der Waals surface area (Å²) in [6.07, 6.45) is -2.97. The van der Waals surface area contributed by atoms with Crippen LogP contribution in [0, 0.1) is 5.92 Å². The Morgan fingerprint density at radius 1 is 1.00 bits per heavy atom. The summed E-state index contributed by atoms with van der Waals surface area (Å²) in [5.74, 6) is -0.649. The third-order valence-corrected chi connectivity index (χ3v) is 6.67. The summed E-state index contributed by atoms with van der Waals surface area (Å²) >= 11 is 0. The molecule has 1 aliphatic rings. The number of halogens is 3. The summed E-state index contributed by atoms with van der Waals surface area (Å²) in [6.45, 7) is 4.76. The highest BCUT2D eigenvalue weighted by Crippen LogP contribution is 2.32. The lowest BCUT2D eigenvalue weighted by atomic mass is 10.0. The second-order valence-corrected chi connectivity index (χ2v) is 10.1. The number of piperazine rings is 1. The number of sulfonamides is 1. The van der Waals surface area contributed by atoms with Crippen LogP contribution in [0.4, 0.5) is 18.9 Å². The molecule has 1 saturated heterocycles. The molecule has 0 bridgehead atoms. The molecule has 0 aromatic heterocycles.